The van der Waals surface area contributed by atoms with Crippen LogP contribution in [0.3, 0.4) is 0 Å². The lowest BCUT2D eigenvalue weighted by Gasteiger charge is -2.15. The Balaban J connectivity index is 1.85. The summed E-state index contributed by atoms with van der Waals surface area (Å²) in [4.78, 5) is 22.4. The highest BCUT2D eigenvalue weighted by atomic mass is 79.9. The molecule has 7 nitrogen and oxygen atoms in total. The highest BCUT2D eigenvalue weighted by Gasteiger charge is 2.19. The highest BCUT2D eigenvalue weighted by Crippen LogP contribution is 2.21. The minimum atomic E-state index is -0.398. The smallest absolute Gasteiger partial charge is 0.251 e. The van der Waals surface area contributed by atoms with Gasteiger partial charge in [0.15, 0.2) is 5.82 Å². The largest absolute Gasteiger partial charge is 0.344 e. The van der Waals surface area contributed by atoms with Crippen LogP contribution in [0.5, 0.6) is 0 Å². The summed E-state index contributed by atoms with van der Waals surface area (Å²) in [5.41, 5.74) is 1.01. The van der Waals surface area contributed by atoms with Crippen molar-refractivity contribution in [1.29, 1.82) is 0 Å². The predicted octanol–water partition coefficient (Wildman–Crippen LogP) is 2.96. The normalized spacial score (nSPS) is 12.0. The minimum Gasteiger partial charge on any atom is -0.344 e. The molecule has 1 unspecified atom stereocenters. The first-order valence-electron chi connectivity index (χ1n) is 6.99. The monoisotopic (exact) mass is 406 g/mol. The number of benzene rings is 1. The summed E-state index contributed by atoms with van der Waals surface area (Å²) in [6.45, 7) is 1.81. The van der Waals surface area contributed by atoms with Gasteiger partial charge in [-0.1, -0.05) is 27.5 Å². The fraction of sp³-hybridized carbons (Fsp3) is 0.133. The average Bonchev–Trinajstić information content (AvgIpc) is 3.08. The van der Waals surface area contributed by atoms with E-state index in [0.717, 1.165) is 4.47 Å². The van der Waals surface area contributed by atoms with E-state index in [0.29, 0.717) is 22.1 Å². The first-order chi connectivity index (χ1) is 11.5. The van der Waals surface area contributed by atoms with Crippen LogP contribution in [-0.2, 0) is 0 Å². The van der Waals surface area contributed by atoms with Gasteiger partial charge >= 0.3 is 0 Å². The Morgan fingerprint density at radius 1 is 1.17 bits per heavy atom. The van der Waals surface area contributed by atoms with Crippen LogP contribution < -0.4 is 5.32 Å². The second-order valence-corrected chi connectivity index (χ2v) is 6.29. The molecule has 0 saturated heterocycles. The zero-order valence-corrected chi connectivity index (χ0v) is 14.9. The van der Waals surface area contributed by atoms with Crippen LogP contribution >= 0.6 is 27.5 Å². The molecule has 24 heavy (non-hydrogen) atoms. The molecule has 9 heteroatoms. The van der Waals surface area contributed by atoms with Crippen molar-refractivity contribution in [3.8, 4) is 5.82 Å². The summed E-state index contributed by atoms with van der Waals surface area (Å²) in [7, 11) is 0. The van der Waals surface area contributed by atoms with Crippen molar-refractivity contribution in [3.63, 3.8) is 0 Å². The molecule has 1 amide bonds. The van der Waals surface area contributed by atoms with E-state index < -0.39 is 6.04 Å². The Labute approximate surface area is 151 Å². The molecular formula is C15H12BrClN6O. The van der Waals surface area contributed by atoms with Gasteiger partial charge in [0.25, 0.3) is 5.91 Å². The molecule has 0 fully saturated rings. The van der Waals surface area contributed by atoms with Crippen LogP contribution in [0, 0.1) is 0 Å². The van der Waals surface area contributed by atoms with Crippen LogP contribution in [-0.4, -0.2) is 30.9 Å². The Bertz CT molecular complexity index is 850. The number of aromatic nitrogens is 5. The van der Waals surface area contributed by atoms with Gasteiger partial charge in [-0.3, -0.25) is 9.78 Å². The molecule has 0 spiro atoms. The SMILES string of the molecule is CC(NC(=O)c1cc(Cl)cc(Br)c1)c1nccnc1-n1nccn1. The van der Waals surface area contributed by atoms with Gasteiger partial charge in [0.2, 0.25) is 0 Å². The van der Waals surface area contributed by atoms with Crippen molar-refractivity contribution in [2.24, 2.45) is 0 Å². The van der Waals surface area contributed by atoms with Gasteiger partial charge in [-0.25, -0.2) is 4.98 Å². The van der Waals surface area contributed by atoms with Gasteiger partial charge in [-0.15, -0.1) is 4.80 Å². The van der Waals surface area contributed by atoms with Crippen molar-refractivity contribution in [1.82, 2.24) is 30.3 Å². The van der Waals surface area contributed by atoms with Gasteiger partial charge < -0.3 is 5.32 Å². The minimum absolute atomic E-state index is 0.268. The van der Waals surface area contributed by atoms with Crippen LogP contribution in [0.15, 0.2) is 47.5 Å². The van der Waals surface area contributed by atoms with Crippen molar-refractivity contribution in [2.75, 3.05) is 0 Å². The van der Waals surface area contributed by atoms with E-state index in [9.17, 15) is 4.79 Å². The van der Waals surface area contributed by atoms with Gasteiger partial charge in [0, 0.05) is 27.5 Å². The lowest BCUT2D eigenvalue weighted by Crippen LogP contribution is -2.28. The molecule has 0 aliphatic heterocycles. The molecule has 2 aromatic heterocycles. The number of halogens is 2. The van der Waals surface area contributed by atoms with Crippen LogP contribution in [0.2, 0.25) is 5.02 Å². The fourth-order valence-electron chi connectivity index (χ4n) is 2.16. The number of hydrogen-bond donors (Lipinski definition) is 1. The predicted molar refractivity (Wildman–Crippen MR) is 92.0 cm³/mol. The van der Waals surface area contributed by atoms with Crippen molar-refractivity contribution in [2.45, 2.75) is 13.0 Å². The molecule has 0 saturated carbocycles. The first kappa shape index (κ1) is 16.5. The Hall–Kier alpha value is -2.32. The number of rotatable bonds is 4. The van der Waals surface area contributed by atoms with E-state index in [1.165, 1.54) is 4.80 Å². The molecule has 1 aromatic carbocycles. The summed E-state index contributed by atoms with van der Waals surface area (Å²) >= 11 is 9.31. The van der Waals surface area contributed by atoms with Crippen molar-refractivity contribution >= 4 is 33.4 Å². The third kappa shape index (κ3) is 3.60. The Morgan fingerprint density at radius 2 is 1.88 bits per heavy atom. The van der Waals surface area contributed by atoms with E-state index in [1.807, 2.05) is 6.92 Å². The summed E-state index contributed by atoms with van der Waals surface area (Å²) in [6.07, 6.45) is 6.20. The number of carbonyl (C=O) groups excluding carboxylic acids is 1. The molecule has 122 valence electrons. The fourth-order valence-corrected chi connectivity index (χ4v) is 3.02. The van der Waals surface area contributed by atoms with E-state index in [4.69, 9.17) is 11.6 Å². The lowest BCUT2D eigenvalue weighted by molar-refractivity contribution is 0.0939. The standard InChI is InChI=1S/C15H12BrClN6O/c1-9(22-15(24)10-6-11(16)8-12(17)7-10)13-14(19-3-2-18-13)23-20-4-5-21-23/h2-9H,1H3,(H,22,24). The number of hydrogen-bond acceptors (Lipinski definition) is 5. The molecule has 1 N–H and O–H groups in total. The number of amides is 1. The van der Waals surface area contributed by atoms with Crippen molar-refractivity contribution < 1.29 is 4.79 Å². The van der Waals surface area contributed by atoms with E-state index in [2.05, 4.69) is 41.4 Å². The Morgan fingerprint density at radius 3 is 2.58 bits per heavy atom. The second-order valence-electron chi connectivity index (χ2n) is 4.94. The maximum Gasteiger partial charge on any atom is 0.251 e. The molecule has 0 aliphatic carbocycles. The molecule has 0 aliphatic rings. The number of carbonyl (C=O) groups is 1. The topological polar surface area (TPSA) is 85.6 Å². The number of nitrogens with one attached hydrogen (secondary N) is 1. The molecule has 0 radical (unpaired) electrons. The molecule has 2 heterocycles. The second kappa shape index (κ2) is 7.06. The summed E-state index contributed by atoms with van der Waals surface area (Å²) in [6, 6.07) is 4.61. The average molecular weight is 408 g/mol. The van der Waals surface area contributed by atoms with Crippen molar-refractivity contribution in [3.05, 3.63) is 63.7 Å². The third-order valence-electron chi connectivity index (χ3n) is 3.20. The quantitative estimate of drug-likeness (QED) is 0.718. The third-order valence-corrected chi connectivity index (χ3v) is 3.87. The highest BCUT2D eigenvalue weighted by molar-refractivity contribution is 9.10. The zero-order chi connectivity index (χ0) is 17.1. The number of nitrogens with zero attached hydrogens (tertiary/aromatic N) is 5. The van der Waals surface area contributed by atoms with Crippen LogP contribution in [0.1, 0.15) is 29.0 Å². The van der Waals surface area contributed by atoms with E-state index in [-0.39, 0.29) is 5.91 Å². The van der Waals surface area contributed by atoms with E-state index >= 15 is 0 Å². The molecule has 3 rings (SSSR count). The van der Waals surface area contributed by atoms with Gasteiger partial charge in [0.1, 0.15) is 5.69 Å². The molecule has 1 atom stereocenters. The molecule has 0 bridgehead atoms. The zero-order valence-electron chi connectivity index (χ0n) is 12.5. The van der Waals surface area contributed by atoms with Gasteiger partial charge in [-0.05, 0) is 25.1 Å². The lowest BCUT2D eigenvalue weighted by atomic mass is 10.1. The summed E-state index contributed by atoms with van der Waals surface area (Å²) in [5, 5.41) is 11.5. The first-order valence-corrected chi connectivity index (χ1v) is 8.16. The Kier molecular flexibility index (Phi) is 4.86. The van der Waals surface area contributed by atoms with E-state index in [1.54, 1.807) is 43.0 Å². The molecule has 3 aromatic rings. The van der Waals surface area contributed by atoms with Gasteiger partial charge in [0.05, 0.1) is 18.4 Å². The summed E-state index contributed by atoms with van der Waals surface area (Å²) in [5.74, 6) is 0.193. The maximum absolute atomic E-state index is 12.5. The molecular weight excluding hydrogens is 396 g/mol. The summed E-state index contributed by atoms with van der Waals surface area (Å²) < 4.78 is 0.730. The van der Waals surface area contributed by atoms with Gasteiger partial charge in [-0.2, -0.15) is 10.2 Å². The van der Waals surface area contributed by atoms with Crippen LogP contribution in [0.4, 0.5) is 0 Å². The maximum atomic E-state index is 12.5. The van der Waals surface area contributed by atoms with Crippen LogP contribution in [0.25, 0.3) is 5.82 Å².